The van der Waals surface area contributed by atoms with Crippen LogP contribution in [0.3, 0.4) is 0 Å². The highest BCUT2D eigenvalue weighted by Gasteiger charge is 2.20. The second kappa shape index (κ2) is 7.63. The molecule has 0 saturated heterocycles. The Morgan fingerprint density at radius 1 is 1.16 bits per heavy atom. The predicted octanol–water partition coefficient (Wildman–Crippen LogP) is 4.13. The van der Waals surface area contributed by atoms with Gasteiger partial charge in [0.15, 0.2) is 0 Å². The van der Waals surface area contributed by atoms with Crippen molar-refractivity contribution in [2.75, 3.05) is 14.2 Å². The molecule has 0 aliphatic rings. The molecule has 0 saturated carbocycles. The second-order valence-corrected chi connectivity index (χ2v) is 6.50. The molecule has 3 aromatic rings. The number of rotatable bonds is 6. The van der Waals surface area contributed by atoms with E-state index in [1.165, 1.54) is 24.5 Å². The van der Waals surface area contributed by atoms with Gasteiger partial charge in [0.05, 0.1) is 18.6 Å². The molecular weight excluding hydrogens is 341 g/mol. The third-order valence-electron chi connectivity index (χ3n) is 3.89. The first-order valence-corrected chi connectivity index (χ1v) is 8.56. The van der Waals surface area contributed by atoms with Crippen LogP contribution in [0.5, 0.6) is 5.75 Å². The lowest BCUT2D eigenvalue weighted by atomic mass is 10.1. The number of para-hydroxylation sites is 1. The van der Waals surface area contributed by atoms with E-state index in [1.807, 2.05) is 24.3 Å². The molecule has 0 bridgehead atoms. The minimum atomic E-state index is -0.343. The molecule has 4 nitrogen and oxygen atoms in total. The van der Waals surface area contributed by atoms with Gasteiger partial charge in [0.2, 0.25) is 0 Å². The molecule has 0 radical (unpaired) electrons. The average molecular weight is 359 g/mol. The van der Waals surface area contributed by atoms with E-state index in [4.69, 9.17) is 9.47 Å². The number of methoxy groups -OCH3 is 2. The van der Waals surface area contributed by atoms with E-state index in [2.05, 4.69) is 5.32 Å². The van der Waals surface area contributed by atoms with Crippen LogP contribution in [0.1, 0.15) is 20.8 Å². The van der Waals surface area contributed by atoms with Crippen molar-refractivity contribution >= 4 is 27.3 Å². The summed E-state index contributed by atoms with van der Waals surface area (Å²) in [6, 6.07) is 12.3. The lowest BCUT2D eigenvalue weighted by Crippen LogP contribution is -2.23. The number of hydrogen-bond donors (Lipinski definition) is 1. The van der Waals surface area contributed by atoms with Crippen molar-refractivity contribution < 1.29 is 18.7 Å². The third kappa shape index (κ3) is 3.50. The van der Waals surface area contributed by atoms with Crippen molar-refractivity contribution in [1.82, 2.24) is 5.32 Å². The van der Waals surface area contributed by atoms with Gasteiger partial charge in [-0.2, -0.15) is 0 Å². The molecule has 0 spiro atoms. The summed E-state index contributed by atoms with van der Waals surface area (Å²) in [6.07, 6.45) is 0. The smallest absolute Gasteiger partial charge is 0.262 e. The Labute approximate surface area is 149 Å². The highest BCUT2D eigenvalue weighted by Crippen LogP contribution is 2.33. The number of nitrogens with one attached hydrogen (secondary N) is 1. The van der Waals surface area contributed by atoms with Gasteiger partial charge in [0.25, 0.3) is 5.91 Å². The summed E-state index contributed by atoms with van der Waals surface area (Å²) in [5.41, 5.74) is 1.46. The summed E-state index contributed by atoms with van der Waals surface area (Å²) >= 11 is 1.27. The summed E-state index contributed by atoms with van der Waals surface area (Å²) < 4.78 is 25.4. The molecule has 0 aliphatic carbocycles. The first kappa shape index (κ1) is 17.4. The maximum Gasteiger partial charge on any atom is 0.262 e. The van der Waals surface area contributed by atoms with E-state index >= 15 is 0 Å². The standard InChI is InChI=1S/C19H18FNO3S/c1-23-11-13-17-14(20)7-5-9-16(17)25-18(13)19(22)21-10-12-6-3-4-8-15(12)24-2/h3-9H,10-11H2,1-2H3,(H,21,22). The van der Waals surface area contributed by atoms with E-state index in [0.717, 1.165) is 10.3 Å². The zero-order valence-corrected chi connectivity index (χ0v) is 14.8. The number of ether oxygens (including phenoxy) is 2. The molecule has 3 rings (SSSR count). The monoisotopic (exact) mass is 359 g/mol. The molecule has 25 heavy (non-hydrogen) atoms. The van der Waals surface area contributed by atoms with Gasteiger partial charge in [-0.05, 0) is 18.2 Å². The number of amides is 1. The Kier molecular flexibility index (Phi) is 5.31. The maximum absolute atomic E-state index is 14.2. The fraction of sp³-hybridized carbons (Fsp3) is 0.211. The number of benzene rings is 2. The van der Waals surface area contributed by atoms with Crippen LogP contribution in [-0.2, 0) is 17.9 Å². The fourth-order valence-electron chi connectivity index (χ4n) is 2.74. The molecule has 6 heteroatoms. The Morgan fingerprint density at radius 2 is 1.96 bits per heavy atom. The minimum absolute atomic E-state index is 0.179. The minimum Gasteiger partial charge on any atom is -0.496 e. The summed E-state index contributed by atoms with van der Waals surface area (Å²) in [5.74, 6) is 0.116. The molecule has 1 aromatic heterocycles. The zero-order valence-electron chi connectivity index (χ0n) is 14.0. The van der Waals surface area contributed by atoms with Gasteiger partial charge >= 0.3 is 0 Å². The van der Waals surface area contributed by atoms with Crippen molar-refractivity contribution in [1.29, 1.82) is 0 Å². The molecular formula is C19H18FNO3S. The van der Waals surface area contributed by atoms with Gasteiger partial charge in [-0.15, -0.1) is 11.3 Å². The van der Waals surface area contributed by atoms with E-state index in [-0.39, 0.29) is 18.3 Å². The van der Waals surface area contributed by atoms with Crippen molar-refractivity contribution in [2.24, 2.45) is 0 Å². The van der Waals surface area contributed by atoms with Crippen molar-refractivity contribution in [3.8, 4) is 5.75 Å². The van der Waals surface area contributed by atoms with Crippen LogP contribution in [0.25, 0.3) is 10.1 Å². The highest BCUT2D eigenvalue weighted by molar-refractivity contribution is 7.21. The van der Waals surface area contributed by atoms with Crippen LogP contribution >= 0.6 is 11.3 Å². The van der Waals surface area contributed by atoms with Crippen LogP contribution in [0.4, 0.5) is 4.39 Å². The number of thiophene rings is 1. The zero-order chi connectivity index (χ0) is 17.8. The normalized spacial score (nSPS) is 10.8. The topological polar surface area (TPSA) is 47.6 Å². The Hall–Kier alpha value is -2.44. The van der Waals surface area contributed by atoms with E-state index in [9.17, 15) is 9.18 Å². The van der Waals surface area contributed by atoms with Crippen molar-refractivity contribution in [2.45, 2.75) is 13.2 Å². The second-order valence-electron chi connectivity index (χ2n) is 5.45. The fourth-order valence-corrected chi connectivity index (χ4v) is 3.88. The molecule has 0 aliphatic heterocycles. The predicted molar refractivity (Wildman–Crippen MR) is 96.7 cm³/mol. The van der Waals surface area contributed by atoms with Crippen LogP contribution in [0.2, 0.25) is 0 Å². The number of halogens is 1. The van der Waals surface area contributed by atoms with E-state index in [1.54, 1.807) is 19.2 Å². The SMILES string of the molecule is COCc1c(C(=O)NCc2ccccc2OC)sc2cccc(F)c12. The third-order valence-corrected chi connectivity index (χ3v) is 5.09. The van der Waals surface area contributed by atoms with Crippen LogP contribution in [-0.4, -0.2) is 20.1 Å². The van der Waals surface area contributed by atoms with Crippen molar-refractivity contribution in [3.63, 3.8) is 0 Å². The molecule has 1 amide bonds. The summed E-state index contributed by atoms with van der Waals surface area (Å²) in [5, 5.41) is 3.34. The molecule has 0 fully saturated rings. The Bertz CT molecular complexity index is 907. The first-order chi connectivity index (χ1) is 12.2. The van der Waals surface area contributed by atoms with Crippen molar-refractivity contribution in [3.05, 3.63) is 64.3 Å². The number of carbonyl (C=O) groups is 1. The first-order valence-electron chi connectivity index (χ1n) is 7.74. The lowest BCUT2D eigenvalue weighted by Gasteiger charge is -2.10. The number of carbonyl (C=O) groups excluding carboxylic acids is 1. The molecule has 0 atom stereocenters. The summed E-state index contributed by atoms with van der Waals surface area (Å²) in [7, 11) is 3.12. The van der Waals surface area contributed by atoms with Gasteiger partial charge < -0.3 is 14.8 Å². The molecule has 130 valence electrons. The van der Waals surface area contributed by atoms with Crippen LogP contribution in [0, 0.1) is 5.82 Å². The summed E-state index contributed by atoms with van der Waals surface area (Å²) in [4.78, 5) is 13.1. The Morgan fingerprint density at radius 3 is 2.72 bits per heavy atom. The summed E-state index contributed by atoms with van der Waals surface area (Å²) in [6.45, 7) is 0.504. The quantitative estimate of drug-likeness (QED) is 0.720. The molecule has 2 aromatic carbocycles. The molecule has 0 unspecified atom stereocenters. The van der Waals surface area contributed by atoms with Gasteiger partial charge in [-0.25, -0.2) is 4.39 Å². The van der Waals surface area contributed by atoms with Gasteiger partial charge in [-0.1, -0.05) is 24.3 Å². The lowest BCUT2D eigenvalue weighted by molar-refractivity contribution is 0.0950. The highest BCUT2D eigenvalue weighted by atomic mass is 32.1. The van der Waals surface area contributed by atoms with E-state index in [0.29, 0.717) is 28.1 Å². The molecule has 1 heterocycles. The van der Waals surface area contributed by atoms with E-state index < -0.39 is 0 Å². The van der Waals surface area contributed by atoms with Crippen LogP contribution < -0.4 is 10.1 Å². The molecule has 1 N–H and O–H groups in total. The van der Waals surface area contributed by atoms with Crippen LogP contribution in [0.15, 0.2) is 42.5 Å². The Balaban J connectivity index is 1.89. The van der Waals surface area contributed by atoms with Gasteiger partial charge in [0.1, 0.15) is 11.6 Å². The van der Waals surface area contributed by atoms with Gasteiger partial charge in [-0.3, -0.25) is 4.79 Å². The number of fused-ring (bicyclic) bond motifs is 1. The maximum atomic E-state index is 14.2. The van der Waals surface area contributed by atoms with Gasteiger partial charge in [0, 0.05) is 34.9 Å². The number of hydrogen-bond acceptors (Lipinski definition) is 4. The average Bonchev–Trinajstić information content (AvgIpc) is 3.00. The largest absolute Gasteiger partial charge is 0.496 e.